The second-order valence-electron chi connectivity index (χ2n) is 7.02. The Hall–Kier alpha value is -3.19. The van der Waals surface area contributed by atoms with Gasteiger partial charge in [0.2, 0.25) is 5.91 Å². The van der Waals surface area contributed by atoms with Gasteiger partial charge in [0.25, 0.3) is 5.91 Å². The van der Waals surface area contributed by atoms with Gasteiger partial charge in [-0.15, -0.1) is 11.3 Å². The maximum atomic E-state index is 13.8. The summed E-state index contributed by atoms with van der Waals surface area (Å²) in [5.41, 5.74) is 1.65. The van der Waals surface area contributed by atoms with Crippen LogP contribution >= 0.6 is 11.3 Å². The van der Waals surface area contributed by atoms with Gasteiger partial charge in [0.05, 0.1) is 13.0 Å². The Kier molecular flexibility index (Phi) is 6.09. The summed E-state index contributed by atoms with van der Waals surface area (Å²) in [4.78, 5) is 28.1. The van der Waals surface area contributed by atoms with E-state index in [9.17, 15) is 14.0 Å². The van der Waals surface area contributed by atoms with Gasteiger partial charge in [-0.25, -0.2) is 4.39 Å². The van der Waals surface area contributed by atoms with Crippen molar-refractivity contribution in [2.75, 3.05) is 13.2 Å². The van der Waals surface area contributed by atoms with Crippen molar-refractivity contribution < 1.29 is 18.7 Å². The highest BCUT2D eigenvalue weighted by Crippen LogP contribution is 2.25. The molecule has 3 aromatic rings. The number of hydrogen-bond donors (Lipinski definition) is 1. The average Bonchev–Trinajstić information content (AvgIpc) is 3.16. The molecule has 0 atom stereocenters. The van der Waals surface area contributed by atoms with Gasteiger partial charge < -0.3 is 15.0 Å². The molecule has 1 aromatic heterocycles. The highest BCUT2D eigenvalue weighted by molar-refractivity contribution is 7.10. The summed E-state index contributed by atoms with van der Waals surface area (Å²) in [6, 6.07) is 15.4. The van der Waals surface area contributed by atoms with Crippen LogP contribution < -0.4 is 10.1 Å². The van der Waals surface area contributed by atoms with Crippen LogP contribution in [-0.4, -0.2) is 29.9 Å². The lowest BCUT2D eigenvalue weighted by Crippen LogP contribution is -2.33. The largest absolute Gasteiger partial charge is 0.491 e. The van der Waals surface area contributed by atoms with E-state index < -0.39 is 0 Å². The first-order valence-corrected chi connectivity index (χ1v) is 10.6. The monoisotopic (exact) mass is 424 g/mol. The number of ether oxygens (including phenoxy) is 1. The highest BCUT2D eigenvalue weighted by Gasteiger charge is 2.21. The van der Waals surface area contributed by atoms with Crippen molar-refractivity contribution >= 4 is 23.2 Å². The van der Waals surface area contributed by atoms with Crippen molar-refractivity contribution in [2.45, 2.75) is 19.5 Å². The molecule has 0 spiro atoms. The molecule has 0 unspecified atom stereocenters. The Labute approximate surface area is 178 Å². The highest BCUT2D eigenvalue weighted by atomic mass is 32.1. The molecule has 1 N–H and O–H groups in total. The molecule has 4 rings (SSSR count). The van der Waals surface area contributed by atoms with Crippen LogP contribution in [0.1, 0.15) is 26.4 Å². The summed E-state index contributed by atoms with van der Waals surface area (Å²) in [7, 11) is 0. The number of thiophene rings is 1. The predicted molar refractivity (Wildman–Crippen MR) is 113 cm³/mol. The molecule has 0 saturated carbocycles. The van der Waals surface area contributed by atoms with Crippen LogP contribution in [0.2, 0.25) is 0 Å². The molecule has 7 heteroatoms. The number of nitrogens with zero attached hydrogens (tertiary/aromatic N) is 1. The quantitative estimate of drug-likeness (QED) is 0.678. The molecule has 5 nitrogen and oxygen atoms in total. The summed E-state index contributed by atoms with van der Waals surface area (Å²) in [6.45, 7) is 1.38. The fourth-order valence-electron chi connectivity index (χ4n) is 3.34. The summed E-state index contributed by atoms with van der Waals surface area (Å²) >= 11 is 1.56. The maximum Gasteiger partial charge on any atom is 0.251 e. The van der Waals surface area contributed by atoms with Gasteiger partial charge in [0.15, 0.2) is 0 Å². The number of hydrogen-bond acceptors (Lipinski definition) is 4. The number of nitrogens with one attached hydrogen (secondary N) is 1. The SMILES string of the molecule is O=C(NCc1ccccc1F)c1ccc2c(c1)CN(C(=O)Cc1cccs1)CCO2. The third kappa shape index (κ3) is 4.68. The number of fused-ring (bicyclic) bond motifs is 1. The van der Waals surface area contributed by atoms with E-state index in [0.717, 1.165) is 10.4 Å². The van der Waals surface area contributed by atoms with Crippen LogP contribution in [0.25, 0.3) is 0 Å². The first-order chi connectivity index (χ1) is 14.6. The first kappa shape index (κ1) is 20.1. The van der Waals surface area contributed by atoms with Crippen molar-refractivity contribution in [3.63, 3.8) is 0 Å². The van der Waals surface area contributed by atoms with E-state index in [1.54, 1.807) is 52.6 Å². The van der Waals surface area contributed by atoms with Crippen LogP contribution in [0.3, 0.4) is 0 Å². The molecule has 2 heterocycles. The van der Waals surface area contributed by atoms with E-state index in [-0.39, 0.29) is 24.2 Å². The molecule has 0 saturated heterocycles. The molecule has 30 heavy (non-hydrogen) atoms. The van der Waals surface area contributed by atoms with Gasteiger partial charge in [-0.05, 0) is 35.7 Å². The fourth-order valence-corrected chi connectivity index (χ4v) is 4.04. The van der Waals surface area contributed by atoms with Crippen molar-refractivity contribution in [1.29, 1.82) is 0 Å². The molecule has 2 amide bonds. The first-order valence-electron chi connectivity index (χ1n) is 9.67. The minimum atomic E-state index is -0.354. The molecule has 0 fully saturated rings. The molecular weight excluding hydrogens is 403 g/mol. The standard InChI is InChI=1S/C23H21FN2O3S/c24-20-6-2-1-4-17(20)14-25-23(28)16-7-8-21-18(12-16)15-26(9-10-29-21)22(27)13-19-5-3-11-30-19/h1-8,11-12H,9-10,13-15H2,(H,25,28). The number of amides is 2. The molecule has 0 aliphatic carbocycles. The van der Waals surface area contributed by atoms with Gasteiger partial charge in [0.1, 0.15) is 18.2 Å². The summed E-state index contributed by atoms with van der Waals surface area (Å²) in [6.07, 6.45) is 0.357. The zero-order chi connectivity index (χ0) is 20.9. The Bertz CT molecular complexity index is 1050. The zero-order valence-corrected chi connectivity index (χ0v) is 17.1. The molecule has 1 aliphatic rings. The van der Waals surface area contributed by atoms with Crippen LogP contribution in [0.5, 0.6) is 5.75 Å². The van der Waals surface area contributed by atoms with Gasteiger partial charge in [-0.2, -0.15) is 0 Å². The topological polar surface area (TPSA) is 58.6 Å². The van der Waals surface area contributed by atoms with Gasteiger partial charge in [-0.1, -0.05) is 24.3 Å². The molecular formula is C23H21FN2O3S. The van der Waals surface area contributed by atoms with Crippen LogP contribution in [-0.2, 0) is 24.3 Å². The second kappa shape index (κ2) is 9.09. The predicted octanol–water partition coefficient (Wildman–Crippen LogP) is 3.78. The molecule has 2 aromatic carbocycles. The fraction of sp³-hybridized carbons (Fsp3) is 0.217. The van der Waals surface area contributed by atoms with E-state index in [1.807, 2.05) is 17.5 Å². The lowest BCUT2D eigenvalue weighted by atomic mass is 10.1. The summed E-state index contributed by atoms with van der Waals surface area (Å²) < 4.78 is 19.5. The van der Waals surface area contributed by atoms with Gasteiger partial charge in [0, 0.05) is 34.7 Å². The smallest absolute Gasteiger partial charge is 0.251 e. The summed E-state index contributed by atoms with van der Waals surface area (Å²) in [5.74, 6) is 0.0465. The Morgan fingerprint density at radius 1 is 1.13 bits per heavy atom. The molecule has 0 radical (unpaired) electrons. The van der Waals surface area contributed by atoms with E-state index in [1.165, 1.54) is 6.07 Å². The number of rotatable bonds is 5. The van der Waals surface area contributed by atoms with E-state index in [4.69, 9.17) is 4.74 Å². The van der Waals surface area contributed by atoms with Gasteiger partial charge >= 0.3 is 0 Å². The number of benzene rings is 2. The van der Waals surface area contributed by atoms with Crippen LogP contribution in [0.4, 0.5) is 4.39 Å². The zero-order valence-electron chi connectivity index (χ0n) is 16.3. The van der Waals surface area contributed by atoms with Crippen molar-refractivity contribution in [3.05, 3.63) is 87.4 Å². The van der Waals surface area contributed by atoms with Gasteiger partial charge in [-0.3, -0.25) is 9.59 Å². The van der Waals surface area contributed by atoms with Crippen molar-refractivity contribution in [3.8, 4) is 5.75 Å². The lowest BCUT2D eigenvalue weighted by Gasteiger charge is -2.19. The lowest BCUT2D eigenvalue weighted by molar-refractivity contribution is -0.131. The Morgan fingerprint density at radius 3 is 2.80 bits per heavy atom. The average molecular weight is 424 g/mol. The number of carbonyl (C=O) groups excluding carboxylic acids is 2. The van der Waals surface area contributed by atoms with Crippen molar-refractivity contribution in [2.24, 2.45) is 0 Å². The summed E-state index contributed by atoms with van der Waals surface area (Å²) in [5, 5.41) is 4.70. The molecule has 0 bridgehead atoms. The molecule has 1 aliphatic heterocycles. The van der Waals surface area contributed by atoms with E-state index in [0.29, 0.717) is 43.0 Å². The Morgan fingerprint density at radius 2 is 2.00 bits per heavy atom. The normalized spacial score (nSPS) is 13.2. The molecule has 154 valence electrons. The van der Waals surface area contributed by atoms with E-state index >= 15 is 0 Å². The Balaban J connectivity index is 1.45. The minimum Gasteiger partial charge on any atom is -0.491 e. The van der Waals surface area contributed by atoms with Crippen LogP contribution in [0, 0.1) is 5.82 Å². The third-order valence-electron chi connectivity index (χ3n) is 4.96. The maximum absolute atomic E-state index is 13.8. The number of halogens is 1. The van der Waals surface area contributed by atoms with E-state index in [2.05, 4.69) is 5.32 Å². The third-order valence-corrected chi connectivity index (χ3v) is 5.83. The second-order valence-corrected chi connectivity index (χ2v) is 8.05. The van der Waals surface area contributed by atoms with Crippen molar-refractivity contribution in [1.82, 2.24) is 10.2 Å². The van der Waals surface area contributed by atoms with Crippen LogP contribution in [0.15, 0.2) is 60.0 Å². The minimum absolute atomic E-state index is 0.0308. The number of carbonyl (C=O) groups is 2.